The van der Waals surface area contributed by atoms with Crippen molar-refractivity contribution in [1.82, 2.24) is 15.1 Å². The first-order chi connectivity index (χ1) is 19.2. The van der Waals surface area contributed by atoms with Gasteiger partial charge in [0.05, 0.1) is 29.9 Å². The maximum Gasteiger partial charge on any atom is 0.435 e. The van der Waals surface area contributed by atoms with E-state index >= 15 is 0 Å². The Kier molecular flexibility index (Phi) is 7.37. The Morgan fingerprint density at radius 3 is 2.50 bits per heavy atom. The van der Waals surface area contributed by atoms with E-state index in [1.54, 1.807) is 24.3 Å². The van der Waals surface area contributed by atoms with E-state index in [9.17, 15) is 23.2 Å². The van der Waals surface area contributed by atoms with E-state index < -0.39 is 17.8 Å². The SMILES string of the molecule is [C-]#[N+]c1cccc(-n2nc(C(F)(F)F)cc2C(=O)Nc2cccc(C(NCC3CC3)c3cccc(C#N)c3)c2)c1. The van der Waals surface area contributed by atoms with Crippen LogP contribution in [0.1, 0.15) is 51.8 Å². The van der Waals surface area contributed by atoms with Crippen molar-refractivity contribution in [3.63, 3.8) is 0 Å². The average Bonchev–Trinajstić information content (AvgIpc) is 3.66. The molecule has 2 N–H and O–H groups in total. The van der Waals surface area contributed by atoms with Gasteiger partial charge in [-0.15, -0.1) is 0 Å². The van der Waals surface area contributed by atoms with E-state index in [-0.39, 0.29) is 23.1 Å². The Morgan fingerprint density at radius 1 is 1.07 bits per heavy atom. The highest BCUT2D eigenvalue weighted by Gasteiger charge is 2.36. The van der Waals surface area contributed by atoms with Crippen molar-refractivity contribution in [2.45, 2.75) is 25.1 Å². The molecule has 4 aromatic rings. The first-order valence-electron chi connectivity index (χ1n) is 12.5. The second-order valence-corrected chi connectivity index (χ2v) is 9.56. The van der Waals surface area contributed by atoms with Crippen LogP contribution in [-0.4, -0.2) is 22.2 Å². The molecule has 0 aliphatic heterocycles. The van der Waals surface area contributed by atoms with Crippen molar-refractivity contribution in [1.29, 1.82) is 5.26 Å². The Balaban J connectivity index is 1.46. The van der Waals surface area contributed by atoms with E-state index in [2.05, 4.69) is 26.6 Å². The van der Waals surface area contributed by atoms with Gasteiger partial charge < -0.3 is 10.6 Å². The fraction of sp³-hybridized carbons (Fsp3) is 0.200. The lowest BCUT2D eigenvalue weighted by atomic mass is 9.96. The lowest BCUT2D eigenvalue weighted by molar-refractivity contribution is -0.141. The van der Waals surface area contributed by atoms with Crippen LogP contribution < -0.4 is 10.6 Å². The van der Waals surface area contributed by atoms with Crippen molar-refractivity contribution in [3.8, 4) is 11.8 Å². The molecule has 1 saturated carbocycles. The zero-order valence-corrected chi connectivity index (χ0v) is 21.1. The van der Waals surface area contributed by atoms with Gasteiger partial charge >= 0.3 is 6.18 Å². The number of hydrogen-bond donors (Lipinski definition) is 2. The number of amides is 1. The third kappa shape index (κ3) is 6.04. The number of anilines is 1. The molecule has 1 aromatic heterocycles. The van der Waals surface area contributed by atoms with Crippen molar-refractivity contribution in [2.75, 3.05) is 11.9 Å². The number of nitriles is 1. The normalized spacial score (nSPS) is 13.7. The average molecular weight is 541 g/mol. The van der Waals surface area contributed by atoms with Crippen molar-refractivity contribution in [3.05, 3.63) is 118 Å². The van der Waals surface area contributed by atoms with Crippen LogP contribution in [0.4, 0.5) is 24.5 Å². The summed E-state index contributed by atoms with van der Waals surface area (Å²) in [6.07, 6.45) is -2.46. The smallest absolute Gasteiger partial charge is 0.321 e. The van der Waals surface area contributed by atoms with Crippen LogP contribution in [0.15, 0.2) is 78.9 Å². The van der Waals surface area contributed by atoms with Gasteiger partial charge in [0.25, 0.3) is 5.91 Å². The van der Waals surface area contributed by atoms with Gasteiger partial charge in [-0.05, 0) is 72.8 Å². The number of carbonyl (C=O) groups excluding carboxylic acids is 1. The molecule has 1 amide bonds. The number of halogens is 3. The van der Waals surface area contributed by atoms with Gasteiger partial charge in [0.15, 0.2) is 11.4 Å². The van der Waals surface area contributed by atoms with E-state index in [4.69, 9.17) is 6.57 Å². The fourth-order valence-electron chi connectivity index (χ4n) is 4.39. The largest absolute Gasteiger partial charge is 0.435 e. The maximum absolute atomic E-state index is 13.5. The molecule has 0 radical (unpaired) electrons. The van der Waals surface area contributed by atoms with Crippen LogP contribution in [0.5, 0.6) is 0 Å². The fourth-order valence-corrected chi connectivity index (χ4v) is 4.39. The Labute approximate surface area is 228 Å². The summed E-state index contributed by atoms with van der Waals surface area (Å²) in [5, 5.41) is 19.3. The second kappa shape index (κ2) is 11.0. The number of rotatable bonds is 8. The molecule has 0 saturated heterocycles. The number of benzene rings is 3. The zero-order valence-electron chi connectivity index (χ0n) is 21.1. The standard InChI is InChI=1S/C30H23F3N6O/c1-35-23-8-4-10-25(15-23)39-26(16-27(38-39)30(31,32)33)29(40)37-24-9-3-7-22(14-24)28(36-18-19-11-12-19)21-6-2-5-20(13-21)17-34/h2-10,13-16,19,28,36H,11-12,18H2,(H,37,40). The summed E-state index contributed by atoms with van der Waals surface area (Å²) < 4.78 is 41.5. The first-order valence-corrected chi connectivity index (χ1v) is 12.5. The van der Waals surface area contributed by atoms with E-state index in [0.29, 0.717) is 23.2 Å². The van der Waals surface area contributed by atoms with Gasteiger partial charge in [-0.25, -0.2) is 9.53 Å². The number of nitrogens with zero attached hydrogens (tertiary/aromatic N) is 4. The van der Waals surface area contributed by atoms with Crippen LogP contribution in [0.25, 0.3) is 10.5 Å². The summed E-state index contributed by atoms with van der Waals surface area (Å²) >= 11 is 0. The highest BCUT2D eigenvalue weighted by atomic mass is 19.4. The molecule has 5 rings (SSSR count). The summed E-state index contributed by atoms with van der Waals surface area (Å²) in [6, 6.07) is 22.8. The van der Waals surface area contributed by atoms with Crippen LogP contribution >= 0.6 is 0 Å². The number of nitrogens with one attached hydrogen (secondary N) is 2. The quantitative estimate of drug-likeness (QED) is 0.245. The van der Waals surface area contributed by atoms with Crippen molar-refractivity contribution < 1.29 is 18.0 Å². The van der Waals surface area contributed by atoms with Gasteiger partial charge in [0.2, 0.25) is 0 Å². The number of carbonyl (C=O) groups is 1. The van der Waals surface area contributed by atoms with E-state index in [1.807, 2.05) is 24.3 Å². The number of hydrogen-bond acceptors (Lipinski definition) is 4. The molecule has 1 unspecified atom stereocenters. The van der Waals surface area contributed by atoms with Crippen molar-refractivity contribution in [2.24, 2.45) is 5.92 Å². The van der Waals surface area contributed by atoms with E-state index in [0.717, 1.165) is 35.2 Å². The summed E-state index contributed by atoms with van der Waals surface area (Å²) in [5.74, 6) is -0.198. The van der Waals surface area contributed by atoms with Crippen LogP contribution in [0, 0.1) is 23.8 Å². The molecule has 1 heterocycles. The summed E-state index contributed by atoms with van der Waals surface area (Å²) in [5.41, 5.74) is 1.42. The van der Waals surface area contributed by atoms with Crippen LogP contribution in [0.3, 0.4) is 0 Å². The minimum absolute atomic E-state index is 0.157. The van der Waals surface area contributed by atoms with Crippen molar-refractivity contribution >= 4 is 17.3 Å². The molecular weight excluding hydrogens is 517 g/mol. The topological polar surface area (TPSA) is 87.1 Å². The predicted octanol–water partition coefficient (Wildman–Crippen LogP) is 6.65. The Morgan fingerprint density at radius 2 is 1.80 bits per heavy atom. The van der Waals surface area contributed by atoms with Gasteiger partial charge in [0.1, 0.15) is 5.69 Å². The summed E-state index contributed by atoms with van der Waals surface area (Å²) in [4.78, 5) is 16.6. The molecule has 3 aromatic carbocycles. The van der Waals surface area contributed by atoms with Crippen LogP contribution in [0.2, 0.25) is 0 Å². The number of alkyl halides is 3. The van der Waals surface area contributed by atoms with Gasteiger partial charge in [-0.1, -0.05) is 36.4 Å². The highest BCUT2D eigenvalue weighted by Crippen LogP contribution is 2.32. The van der Waals surface area contributed by atoms with Gasteiger partial charge in [-0.2, -0.15) is 23.5 Å². The lowest BCUT2D eigenvalue weighted by Crippen LogP contribution is -2.25. The zero-order chi connectivity index (χ0) is 28.3. The molecule has 1 atom stereocenters. The van der Waals surface area contributed by atoms with Gasteiger partial charge in [0, 0.05) is 11.8 Å². The molecule has 40 heavy (non-hydrogen) atoms. The Bertz CT molecular complexity index is 1640. The van der Waals surface area contributed by atoms with Gasteiger partial charge in [-0.3, -0.25) is 4.79 Å². The third-order valence-electron chi connectivity index (χ3n) is 6.57. The maximum atomic E-state index is 13.5. The highest BCUT2D eigenvalue weighted by molar-refractivity contribution is 6.03. The minimum Gasteiger partial charge on any atom is -0.321 e. The molecule has 1 aliphatic carbocycles. The second-order valence-electron chi connectivity index (χ2n) is 9.56. The monoisotopic (exact) mass is 540 g/mol. The minimum atomic E-state index is -4.77. The molecular formula is C30H23F3N6O. The molecule has 10 heteroatoms. The Hall–Kier alpha value is -4.93. The molecule has 0 spiro atoms. The molecule has 0 bridgehead atoms. The predicted molar refractivity (Wildman–Crippen MR) is 143 cm³/mol. The molecule has 7 nitrogen and oxygen atoms in total. The number of aromatic nitrogens is 2. The molecule has 1 fully saturated rings. The molecule has 1 aliphatic rings. The summed E-state index contributed by atoms with van der Waals surface area (Å²) in [6.45, 7) is 8.00. The lowest BCUT2D eigenvalue weighted by Gasteiger charge is -2.21. The third-order valence-corrected chi connectivity index (χ3v) is 6.57. The van der Waals surface area contributed by atoms with Crippen LogP contribution in [-0.2, 0) is 6.18 Å². The molecule has 200 valence electrons. The first kappa shape index (κ1) is 26.7. The van der Waals surface area contributed by atoms with E-state index in [1.165, 1.54) is 24.3 Å². The summed E-state index contributed by atoms with van der Waals surface area (Å²) in [7, 11) is 0.